The SMILES string of the molecule is COC(=O)[C@]12C[C@H](CC(=O)N3CCOCC3)C(=O)N(Cc3ccc(Cl)cc3Cl)C1=C[C@H](COCc1ccccc1)O[C@@H]2C. The second-order valence-corrected chi connectivity index (χ2v) is 11.9. The molecular formula is C32H36Cl2N2O7. The zero-order valence-corrected chi connectivity index (χ0v) is 25.8. The van der Waals surface area contributed by atoms with Crippen molar-refractivity contribution in [1.29, 1.82) is 0 Å². The quantitative estimate of drug-likeness (QED) is 0.373. The number of hydrogen-bond acceptors (Lipinski definition) is 7. The summed E-state index contributed by atoms with van der Waals surface area (Å²) < 4.78 is 23.1. The second-order valence-electron chi connectivity index (χ2n) is 11.1. The maximum Gasteiger partial charge on any atom is 0.320 e. The van der Waals surface area contributed by atoms with Gasteiger partial charge in [0.1, 0.15) is 11.5 Å². The smallest absolute Gasteiger partial charge is 0.320 e. The molecule has 230 valence electrons. The Bertz CT molecular complexity index is 1360. The summed E-state index contributed by atoms with van der Waals surface area (Å²) in [5.41, 5.74) is 0.809. The number of nitrogens with zero attached hydrogens (tertiary/aromatic N) is 2. The van der Waals surface area contributed by atoms with E-state index < -0.39 is 29.5 Å². The Kier molecular flexibility index (Phi) is 10.1. The first-order valence-electron chi connectivity index (χ1n) is 14.4. The van der Waals surface area contributed by atoms with E-state index in [0.29, 0.717) is 54.2 Å². The number of piperidine rings is 1. The van der Waals surface area contributed by atoms with Crippen LogP contribution in [0.3, 0.4) is 0 Å². The Morgan fingerprint density at radius 3 is 2.53 bits per heavy atom. The number of morpholine rings is 1. The Labute approximate surface area is 261 Å². The van der Waals surface area contributed by atoms with Gasteiger partial charge in [-0.1, -0.05) is 59.6 Å². The molecular weight excluding hydrogens is 595 g/mol. The number of amides is 2. The van der Waals surface area contributed by atoms with E-state index in [1.54, 1.807) is 41.0 Å². The molecule has 2 amide bonds. The number of fused-ring (bicyclic) bond motifs is 1. The fourth-order valence-corrected chi connectivity index (χ4v) is 6.62. The molecule has 2 fully saturated rings. The van der Waals surface area contributed by atoms with E-state index in [2.05, 4.69) is 0 Å². The monoisotopic (exact) mass is 630 g/mol. The highest BCUT2D eigenvalue weighted by molar-refractivity contribution is 6.35. The number of methoxy groups -OCH3 is 1. The number of esters is 1. The molecule has 0 saturated carbocycles. The van der Waals surface area contributed by atoms with Gasteiger partial charge < -0.3 is 28.7 Å². The van der Waals surface area contributed by atoms with Gasteiger partial charge in [0.05, 0.1) is 46.2 Å². The molecule has 5 rings (SSSR count). The molecule has 3 aliphatic rings. The van der Waals surface area contributed by atoms with Gasteiger partial charge in [0.2, 0.25) is 11.8 Å². The van der Waals surface area contributed by atoms with Crippen molar-refractivity contribution < 1.29 is 33.3 Å². The van der Waals surface area contributed by atoms with E-state index in [1.807, 2.05) is 30.3 Å². The normalized spacial score (nSPS) is 25.6. The van der Waals surface area contributed by atoms with Gasteiger partial charge in [-0.3, -0.25) is 14.4 Å². The average Bonchev–Trinajstić information content (AvgIpc) is 3.01. The molecule has 11 heteroatoms. The van der Waals surface area contributed by atoms with Gasteiger partial charge in [-0.15, -0.1) is 0 Å². The maximum absolute atomic E-state index is 14.2. The molecule has 3 heterocycles. The van der Waals surface area contributed by atoms with E-state index in [4.69, 9.17) is 42.1 Å². The van der Waals surface area contributed by atoms with Crippen molar-refractivity contribution in [1.82, 2.24) is 9.80 Å². The third-order valence-electron chi connectivity index (χ3n) is 8.42. The highest BCUT2D eigenvalue weighted by Crippen LogP contribution is 2.51. The highest BCUT2D eigenvalue weighted by Gasteiger charge is 2.59. The Balaban J connectivity index is 1.49. The fourth-order valence-electron chi connectivity index (χ4n) is 6.15. The molecule has 9 nitrogen and oxygen atoms in total. The molecule has 2 aromatic carbocycles. The summed E-state index contributed by atoms with van der Waals surface area (Å²) in [5, 5.41) is 0.852. The van der Waals surface area contributed by atoms with E-state index in [1.165, 1.54) is 7.11 Å². The predicted octanol–water partition coefficient (Wildman–Crippen LogP) is 4.64. The van der Waals surface area contributed by atoms with Gasteiger partial charge >= 0.3 is 5.97 Å². The molecule has 3 aliphatic heterocycles. The minimum absolute atomic E-state index is 0.0496. The first-order chi connectivity index (χ1) is 20.7. The van der Waals surface area contributed by atoms with Crippen molar-refractivity contribution >= 4 is 41.0 Å². The molecule has 43 heavy (non-hydrogen) atoms. The molecule has 4 atom stereocenters. The third kappa shape index (κ3) is 6.76. The van der Waals surface area contributed by atoms with Crippen molar-refractivity contribution in [3.63, 3.8) is 0 Å². The summed E-state index contributed by atoms with van der Waals surface area (Å²) in [6, 6.07) is 14.8. The minimum Gasteiger partial charge on any atom is -0.468 e. The average molecular weight is 632 g/mol. The number of likely N-dealkylation sites (tertiary alicyclic amines) is 1. The van der Waals surface area contributed by atoms with E-state index in [0.717, 1.165) is 5.56 Å². The van der Waals surface area contributed by atoms with Crippen molar-refractivity contribution in [3.8, 4) is 0 Å². The first-order valence-corrected chi connectivity index (χ1v) is 15.2. The van der Waals surface area contributed by atoms with Gasteiger partial charge in [-0.05, 0) is 42.7 Å². The Hall–Kier alpha value is -2.95. The Morgan fingerprint density at radius 2 is 1.84 bits per heavy atom. The summed E-state index contributed by atoms with van der Waals surface area (Å²) >= 11 is 12.7. The van der Waals surface area contributed by atoms with E-state index in [-0.39, 0.29) is 37.8 Å². The first kappa shape index (κ1) is 31.5. The van der Waals surface area contributed by atoms with Crippen LogP contribution in [0.2, 0.25) is 10.0 Å². The minimum atomic E-state index is -1.33. The molecule has 0 N–H and O–H groups in total. The standard InChI is InChI=1S/C32H36Cl2N2O7/c1-21-32(31(39)40-2)17-24(14-29(37)35-10-12-41-13-11-35)30(38)36(18-23-8-9-25(33)15-27(23)34)28(32)16-26(43-21)20-42-19-22-6-4-3-5-7-22/h3-9,15-16,21,24,26H,10-14,17-20H2,1-2H3/t21-,24+,26-,32+/m1/s1. The van der Waals surface area contributed by atoms with Crippen LogP contribution in [0.4, 0.5) is 0 Å². The van der Waals surface area contributed by atoms with Gasteiger partial charge in [0.25, 0.3) is 0 Å². The molecule has 0 unspecified atom stereocenters. The van der Waals surface area contributed by atoms with Crippen LogP contribution in [0.15, 0.2) is 60.3 Å². The lowest BCUT2D eigenvalue weighted by Crippen LogP contribution is -2.60. The number of carbonyl (C=O) groups is 3. The number of carbonyl (C=O) groups excluding carboxylic acids is 3. The maximum atomic E-state index is 14.2. The topological polar surface area (TPSA) is 94.6 Å². The van der Waals surface area contributed by atoms with Gasteiger partial charge in [0, 0.05) is 41.2 Å². The zero-order valence-electron chi connectivity index (χ0n) is 24.3. The predicted molar refractivity (Wildman–Crippen MR) is 160 cm³/mol. The van der Waals surface area contributed by atoms with Crippen molar-refractivity contribution in [2.45, 2.75) is 45.1 Å². The van der Waals surface area contributed by atoms with Gasteiger partial charge in [-0.2, -0.15) is 0 Å². The molecule has 0 spiro atoms. The zero-order chi connectivity index (χ0) is 30.6. The van der Waals surface area contributed by atoms with Crippen LogP contribution in [-0.4, -0.2) is 79.8 Å². The number of ether oxygens (including phenoxy) is 4. The highest BCUT2D eigenvalue weighted by atomic mass is 35.5. The van der Waals surface area contributed by atoms with Crippen LogP contribution < -0.4 is 0 Å². The van der Waals surface area contributed by atoms with E-state index in [9.17, 15) is 14.4 Å². The third-order valence-corrected chi connectivity index (χ3v) is 9.01. The molecule has 2 aromatic rings. The molecule has 0 aromatic heterocycles. The lowest BCUT2D eigenvalue weighted by molar-refractivity contribution is -0.178. The van der Waals surface area contributed by atoms with Crippen LogP contribution in [0, 0.1) is 11.3 Å². The largest absolute Gasteiger partial charge is 0.468 e. The van der Waals surface area contributed by atoms with Crippen LogP contribution in [0.25, 0.3) is 0 Å². The van der Waals surface area contributed by atoms with Crippen LogP contribution in [0.1, 0.15) is 30.9 Å². The van der Waals surface area contributed by atoms with Gasteiger partial charge in [0.15, 0.2) is 0 Å². The molecule has 2 saturated heterocycles. The second kappa shape index (κ2) is 13.8. The number of rotatable bonds is 9. The summed E-state index contributed by atoms with van der Waals surface area (Å²) in [5.74, 6) is -1.74. The number of halogens is 2. The summed E-state index contributed by atoms with van der Waals surface area (Å²) in [6.45, 7) is 4.29. The van der Waals surface area contributed by atoms with Crippen LogP contribution >= 0.6 is 23.2 Å². The van der Waals surface area contributed by atoms with Crippen LogP contribution in [-0.2, 0) is 46.5 Å². The van der Waals surface area contributed by atoms with Crippen LogP contribution in [0.5, 0.6) is 0 Å². The number of benzene rings is 2. The molecule has 0 bridgehead atoms. The lowest BCUT2D eigenvalue weighted by atomic mass is 9.66. The molecule has 0 aliphatic carbocycles. The fraction of sp³-hybridized carbons (Fsp3) is 0.469. The summed E-state index contributed by atoms with van der Waals surface area (Å²) in [7, 11) is 1.32. The van der Waals surface area contributed by atoms with E-state index >= 15 is 0 Å². The van der Waals surface area contributed by atoms with Crippen molar-refractivity contribution in [3.05, 3.63) is 81.5 Å². The van der Waals surface area contributed by atoms with Gasteiger partial charge in [-0.25, -0.2) is 0 Å². The van der Waals surface area contributed by atoms with Crippen molar-refractivity contribution in [2.24, 2.45) is 11.3 Å². The number of hydrogen-bond donors (Lipinski definition) is 0. The Morgan fingerprint density at radius 1 is 1.09 bits per heavy atom. The summed E-state index contributed by atoms with van der Waals surface area (Å²) in [4.78, 5) is 44.6. The molecule has 0 radical (unpaired) electrons. The lowest BCUT2D eigenvalue weighted by Gasteiger charge is -2.51. The summed E-state index contributed by atoms with van der Waals surface area (Å²) in [6.07, 6.45) is 0.594. The van der Waals surface area contributed by atoms with Crippen molar-refractivity contribution in [2.75, 3.05) is 40.0 Å².